The van der Waals surface area contributed by atoms with Crippen molar-refractivity contribution >= 4 is 5.91 Å². The predicted octanol–water partition coefficient (Wildman–Crippen LogP) is 1.57. The van der Waals surface area contributed by atoms with Gasteiger partial charge in [0.2, 0.25) is 0 Å². The number of aromatic nitrogens is 4. The van der Waals surface area contributed by atoms with Crippen LogP contribution in [0.15, 0.2) is 24.8 Å². The summed E-state index contributed by atoms with van der Waals surface area (Å²) in [4.78, 5) is 30.7. The fraction of sp³-hybridized carbons (Fsp3) is 0.438. The van der Waals surface area contributed by atoms with Gasteiger partial charge >= 0.3 is 6.01 Å². The predicted molar refractivity (Wildman–Crippen MR) is 83.1 cm³/mol. The number of nitrogens with zero attached hydrogens (tertiary/aromatic N) is 5. The molecule has 0 unspecified atom stereocenters. The monoisotopic (exact) mass is 313 g/mol. The number of carbonyl (C=O) groups excluding carboxylic acids is 1. The lowest BCUT2D eigenvalue weighted by atomic mass is 10.1. The standard InChI is InChI=1S/C16H19N5O2/c1-11-7-19-16(20-8-11)23-13-3-5-21(6-4-13)15(22)14-10-17-12(2)9-18-14/h7-10,13H,3-6H2,1-2H3. The van der Waals surface area contributed by atoms with E-state index in [0.29, 0.717) is 24.8 Å². The first-order valence-corrected chi connectivity index (χ1v) is 7.65. The van der Waals surface area contributed by atoms with Crippen molar-refractivity contribution in [3.8, 4) is 6.01 Å². The average Bonchev–Trinajstić information content (AvgIpc) is 2.58. The van der Waals surface area contributed by atoms with Crippen LogP contribution in [0.3, 0.4) is 0 Å². The summed E-state index contributed by atoms with van der Waals surface area (Å²) in [5, 5.41) is 0. The van der Waals surface area contributed by atoms with E-state index in [2.05, 4.69) is 19.9 Å². The van der Waals surface area contributed by atoms with E-state index in [-0.39, 0.29) is 12.0 Å². The maximum atomic E-state index is 12.4. The van der Waals surface area contributed by atoms with Crippen molar-refractivity contribution in [2.75, 3.05) is 13.1 Å². The van der Waals surface area contributed by atoms with Crippen LogP contribution in [0.5, 0.6) is 6.01 Å². The topological polar surface area (TPSA) is 81.1 Å². The molecule has 23 heavy (non-hydrogen) atoms. The first kappa shape index (κ1) is 15.3. The van der Waals surface area contributed by atoms with E-state index in [1.54, 1.807) is 23.5 Å². The van der Waals surface area contributed by atoms with Crippen LogP contribution in [0.25, 0.3) is 0 Å². The molecule has 0 N–H and O–H groups in total. The molecule has 0 atom stereocenters. The van der Waals surface area contributed by atoms with Gasteiger partial charge in [-0.15, -0.1) is 0 Å². The molecule has 0 aromatic carbocycles. The summed E-state index contributed by atoms with van der Waals surface area (Å²) in [6, 6.07) is 0.393. The highest BCUT2D eigenvalue weighted by Crippen LogP contribution is 2.17. The zero-order valence-electron chi connectivity index (χ0n) is 13.3. The second kappa shape index (κ2) is 6.68. The van der Waals surface area contributed by atoms with Crippen molar-refractivity contribution < 1.29 is 9.53 Å². The van der Waals surface area contributed by atoms with Gasteiger partial charge in [0, 0.05) is 44.5 Å². The van der Waals surface area contributed by atoms with Gasteiger partial charge in [-0.1, -0.05) is 0 Å². The van der Waals surface area contributed by atoms with E-state index in [1.165, 1.54) is 6.20 Å². The zero-order chi connectivity index (χ0) is 16.2. The highest BCUT2D eigenvalue weighted by Gasteiger charge is 2.26. The molecule has 1 aliphatic heterocycles. The molecule has 0 bridgehead atoms. The van der Waals surface area contributed by atoms with Crippen molar-refractivity contribution in [3.63, 3.8) is 0 Å². The molecule has 7 heteroatoms. The minimum atomic E-state index is -0.0810. The number of rotatable bonds is 3. The molecular weight excluding hydrogens is 294 g/mol. The van der Waals surface area contributed by atoms with Crippen LogP contribution in [0, 0.1) is 13.8 Å². The summed E-state index contributed by atoms with van der Waals surface area (Å²) in [6.07, 6.45) is 8.14. The fourth-order valence-electron chi connectivity index (χ4n) is 2.43. The Kier molecular flexibility index (Phi) is 4.45. The van der Waals surface area contributed by atoms with Crippen molar-refractivity contribution in [1.82, 2.24) is 24.8 Å². The summed E-state index contributed by atoms with van der Waals surface area (Å²) >= 11 is 0. The maximum absolute atomic E-state index is 12.4. The summed E-state index contributed by atoms with van der Waals surface area (Å²) in [6.45, 7) is 5.04. The highest BCUT2D eigenvalue weighted by atomic mass is 16.5. The Morgan fingerprint density at radius 2 is 1.74 bits per heavy atom. The number of hydrogen-bond acceptors (Lipinski definition) is 6. The van der Waals surface area contributed by atoms with E-state index < -0.39 is 0 Å². The quantitative estimate of drug-likeness (QED) is 0.855. The van der Waals surface area contributed by atoms with Crippen molar-refractivity contribution in [2.45, 2.75) is 32.8 Å². The minimum Gasteiger partial charge on any atom is -0.460 e. The molecule has 120 valence electrons. The van der Waals surface area contributed by atoms with Crippen molar-refractivity contribution in [2.24, 2.45) is 0 Å². The fourth-order valence-corrected chi connectivity index (χ4v) is 2.43. The van der Waals surface area contributed by atoms with Crippen molar-refractivity contribution in [3.05, 3.63) is 41.7 Å². The van der Waals surface area contributed by atoms with Gasteiger partial charge in [0.25, 0.3) is 5.91 Å². The molecule has 3 rings (SSSR count). The van der Waals surface area contributed by atoms with Crippen LogP contribution in [-0.4, -0.2) is 49.9 Å². The smallest absolute Gasteiger partial charge is 0.316 e. The first-order valence-electron chi connectivity index (χ1n) is 7.65. The molecule has 1 fully saturated rings. The second-order valence-corrected chi connectivity index (χ2v) is 5.70. The molecule has 1 amide bonds. The van der Waals surface area contributed by atoms with Gasteiger partial charge in [0.15, 0.2) is 0 Å². The SMILES string of the molecule is Cc1cnc(OC2CCN(C(=O)c3cnc(C)cn3)CC2)nc1. The third kappa shape index (κ3) is 3.80. The van der Waals surface area contributed by atoms with E-state index in [1.807, 2.05) is 13.8 Å². The van der Waals surface area contributed by atoms with Crippen LogP contribution in [-0.2, 0) is 0 Å². The number of hydrogen-bond donors (Lipinski definition) is 0. The molecule has 2 aromatic heterocycles. The third-order valence-electron chi connectivity index (χ3n) is 3.76. The Morgan fingerprint density at radius 1 is 1.04 bits per heavy atom. The van der Waals surface area contributed by atoms with E-state index in [0.717, 1.165) is 24.1 Å². The van der Waals surface area contributed by atoms with E-state index >= 15 is 0 Å². The average molecular weight is 313 g/mol. The lowest BCUT2D eigenvalue weighted by molar-refractivity contribution is 0.0573. The van der Waals surface area contributed by atoms with Gasteiger partial charge < -0.3 is 9.64 Å². The zero-order valence-corrected chi connectivity index (χ0v) is 13.3. The summed E-state index contributed by atoms with van der Waals surface area (Å²) < 4.78 is 5.77. The molecule has 0 spiro atoms. The molecular formula is C16H19N5O2. The van der Waals surface area contributed by atoms with Gasteiger partial charge in [0.05, 0.1) is 11.9 Å². The normalized spacial score (nSPS) is 15.5. The Bertz CT molecular complexity index is 664. The van der Waals surface area contributed by atoms with Gasteiger partial charge in [-0.25, -0.2) is 15.0 Å². The Morgan fingerprint density at radius 3 is 2.35 bits per heavy atom. The molecule has 3 heterocycles. The van der Waals surface area contributed by atoms with Gasteiger partial charge in [0.1, 0.15) is 11.8 Å². The lowest BCUT2D eigenvalue weighted by Crippen LogP contribution is -2.42. The number of aryl methyl sites for hydroxylation is 2. The van der Waals surface area contributed by atoms with Gasteiger partial charge in [-0.2, -0.15) is 0 Å². The molecule has 7 nitrogen and oxygen atoms in total. The van der Waals surface area contributed by atoms with Crippen LogP contribution >= 0.6 is 0 Å². The van der Waals surface area contributed by atoms with Crippen LogP contribution < -0.4 is 4.74 Å². The Balaban J connectivity index is 1.54. The molecule has 0 aliphatic carbocycles. The Labute approximate surface area is 134 Å². The van der Waals surface area contributed by atoms with E-state index in [4.69, 9.17) is 4.74 Å². The number of amides is 1. The number of piperidine rings is 1. The molecule has 1 saturated heterocycles. The maximum Gasteiger partial charge on any atom is 0.316 e. The molecule has 2 aromatic rings. The van der Waals surface area contributed by atoms with Crippen molar-refractivity contribution in [1.29, 1.82) is 0 Å². The van der Waals surface area contributed by atoms with Crippen LogP contribution in [0.2, 0.25) is 0 Å². The second-order valence-electron chi connectivity index (χ2n) is 5.70. The van der Waals surface area contributed by atoms with Crippen LogP contribution in [0.1, 0.15) is 34.6 Å². The summed E-state index contributed by atoms with van der Waals surface area (Å²) in [7, 11) is 0. The summed E-state index contributed by atoms with van der Waals surface area (Å²) in [5.74, 6) is -0.0810. The largest absolute Gasteiger partial charge is 0.460 e. The van der Waals surface area contributed by atoms with E-state index in [9.17, 15) is 4.79 Å². The summed E-state index contributed by atoms with van der Waals surface area (Å²) in [5.41, 5.74) is 2.18. The third-order valence-corrected chi connectivity index (χ3v) is 3.76. The Hall–Kier alpha value is -2.57. The minimum absolute atomic E-state index is 0.0332. The lowest BCUT2D eigenvalue weighted by Gasteiger charge is -2.31. The highest BCUT2D eigenvalue weighted by molar-refractivity contribution is 5.92. The first-order chi connectivity index (χ1) is 11.1. The van der Waals surface area contributed by atoms with Gasteiger partial charge in [-0.05, 0) is 19.4 Å². The van der Waals surface area contributed by atoms with Crippen LogP contribution in [0.4, 0.5) is 0 Å². The number of likely N-dealkylation sites (tertiary alicyclic amines) is 1. The van der Waals surface area contributed by atoms with Gasteiger partial charge in [-0.3, -0.25) is 9.78 Å². The molecule has 1 aliphatic rings. The molecule has 0 saturated carbocycles. The number of ether oxygens (including phenoxy) is 1. The molecule has 0 radical (unpaired) electrons. The number of carbonyl (C=O) groups is 1.